The summed E-state index contributed by atoms with van der Waals surface area (Å²) in [5.74, 6) is 0. The number of carbonyl (C=O) groups excluding carboxylic acids is 3. The average Bonchev–Trinajstić information content (AvgIpc) is 2.72. The van der Waals surface area contributed by atoms with Crippen LogP contribution in [0.5, 0.6) is 0 Å². The molecule has 0 aliphatic rings. The minimum atomic E-state index is 0.539. The molecule has 0 radical (unpaired) electrons. The van der Waals surface area contributed by atoms with E-state index in [0.29, 0.717) is 29.9 Å². The molecule has 3 aromatic carbocycles. The summed E-state index contributed by atoms with van der Waals surface area (Å²) in [6, 6.07) is 20.3. The first-order chi connectivity index (χ1) is 14.2. The van der Waals surface area contributed by atoms with Crippen LogP contribution in [-0.2, 0) is 27.2 Å². The lowest BCUT2D eigenvalue weighted by atomic mass is 9.98. The van der Waals surface area contributed by atoms with Crippen LogP contribution in [0.25, 0.3) is 0 Å². The molecule has 0 spiro atoms. The Hall–Kier alpha value is -4.20. The summed E-state index contributed by atoms with van der Waals surface area (Å²) in [4.78, 5) is 42.3. The molecule has 0 aliphatic heterocycles. The molecule has 3 aromatic rings. The first-order valence-corrected chi connectivity index (χ1v) is 8.74. The maximum Gasteiger partial charge on any atom is 0.240 e. The second kappa shape index (κ2) is 9.65. The van der Waals surface area contributed by atoms with Crippen molar-refractivity contribution >= 4 is 35.3 Å². The third-order valence-corrected chi connectivity index (χ3v) is 4.25. The first-order valence-electron chi connectivity index (χ1n) is 8.74. The quantitative estimate of drug-likeness (QED) is 0.436. The van der Waals surface area contributed by atoms with E-state index in [1.165, 1.54) is 12.2 Å². The van der Waals surface area contributed by atoms with Gasteiger partial charge < -0.3 is 0 Å². The number of nitrogens with zero attached hydrogens (tertiary/aromatic N) is 3. The summed E-state index contributed by atoms with van der Waals surface area (Å²) >= 11 is 0. The topological polar surface area (TPSA) is 88.3 Å². The van der Waals surface area contributed by atoms with Crippen LogP contribution >= 0.6 is 0 Å². The zero-order valence-electron chi connectivity index (χ0n) is 15.3. The number of isocyanates is 3. The Morgan fingerprint density at radius 3 is 1.24 bits per heavy atom. The molecule has 0 fully saturated rings. The van der Waals surface area contributed by atoms with Gasteiger partial charge in [-0.1, -0.05) is 30.3 Å². The van der Waals surface area contributed by atoms with Crippen LogP contribution in [0.2, 0.25) is 0 Å². The van der Waals surface area contributed by atoms with Gasteiger partial charge in [-0.3, -0.25) is 0 Å². The Morgan fingerprint density at radius 1 is 0.483 bits per heavy atom. The largest absolute Gasteiger partial charge is 0.240 e. The van der Waals surface area contributed by atoms with Crippen molar-refractivity contribution in [3.05, 3.63) is 89.0 Å². The van der Waals surface area contributed by atoms with Crippen LogP contribution in [0.15, 0.2) is 81.7 Å². The van der Waals surface area contributed by atoms with Crippen LogP contribution < -0.4 is 0 Å². The van der Waals surface area contributed by atoms with Gasteiger partial charge in [-0.25, -0.2) is 14.4 Å². The van der Waals surface area contributed by atoms with Crippen molar-refractivity contribution in [2.75, 3.05) is 0 Å². The van der Waals surface area contributed by atoms with E-state index >= 15 is 0 Å². The molecule has 6 nitrogen and oxygen atoms in total. The summed E-state index contributed by atoms with van der Waals surface area (Å²) in [6.07, 6.45) is 5.88. The maximum absolute atomic E-state index is 10.7. The molecule has 140 valence electrons. The van der Waals surface area contributed by atoms with Gasteiger partial charge in [-0.05, 0) is 71.5 Å². The van der Waals surface area contributed by atoms with Crippen LogP contribution in [0.3, 0.4) is 0 Å². The SMILES string of the molecule is O=C=Nc1ccc(Cc2cc(Cc3ccc(N=C=O)cc3)cc(N=C=O)c2)cc1. The normalized spacial score (nSPS) is 9.66. The van der Waals surface area contributed by atoms with Gasteiger partial charge in [0.15, 0.2) is 0 Å². The van der Waals surface area contributed by atoms with E-state index in [1.807, 2.05) is 36.4 Å². The van der Waals surface area contributed by atoms with Gasteiger partial charge >= 0.3 is 0 Å². The van der Waals surface area contributed by atoms with Gasteiger partial charge in [0.1, 0.15) is 0 Å². The highest BCUT2D eigenvalue weighted by Gasteiger charge is 2.05. The Morgan fingerprint density at radius 2 is 0.862 bits per heavy atom. The van der Waals surface area contributed by atoms with Gasteiger partial charge in [0.05, 0.1) is 17.1 Å². The molecule has 0 N–H and O–H groups in total. The van der Waals surface area contributed by atoms with Crippen LogP contribution in [0.1, 0.15) is 22.3 Å². The van der Waals surface area contributed by atoms with E-state index in [4.69, 9.17) is 0 Å². The van der Waals surface area contributed by atoms with E-state index < -0.39 is 0 Å². The van der Waals surface area contributed by atoms with Crippen molar-refractivity contribution < 1.29 is 14.4 Å². The van der Waals surface area contributed by atoms with Crippen LogP contribution in [0, 0.1) is 0 Å². The lowest BCUT2D eigenvalue weighted by molar-refractivity contribution is 0.564. The van der Waals surface area contributed by atoms with E-state index in [2.05, 4.69) is 21.0 Å². The number of hydrogen-bond acceptors (Lipinski definition) is 6. The first kappa shape index (κ1) is 19.6. The molecule has 29 heavy (non-hydrogen) atoms. The Bertz CT molecular complexity index is 1070. The lowest BCUT2D eigenvalue weighted by Crippen LogP contribution is -1.93. The van der Waals surface area contributed by atoms with Crippen molar-refractivity contribution in [1.29, 1.82) is 0 Å². The van der Waals surface area contributed by atoms with Crippen molar-refractivity contribution in [3.8, 4) is 0 Å². The number of rotatable bonds is 7. The summed E-state index contributed by atoms with van der Waals surface area (Å²) in [5, 5.41) is 0. The number of benzene rings is 3. The zero-order valence-corrected chi connectivity index (χ0v) is 15.3. The Kier molecular flexibility index (Phi) is 6.51. The summed E-state index contributed by atoms with van der Waals surface area (Å²) in [6.45, 7) is 0. The molecule has 0 atom stereocenters. The predicted molar refractivity (Wildman–Crippen MR) is 108 cm³/mol. The molecule has 0 bridgehead atoms. The molecule has 0 unspecified atom stereocenters. The van der Waals surface area contributed by atoms with Gasteiger partial charge in [-0.15, -0.1) is 0 Å². The summed E-state index contributed by atoms with van der Waals surface area (Å²) in [7, 11) is 0. The highest BCUT2D eigenvalue weighted by Crippen LogP contribution is 2.24. The fourth-order valence-corrected chi connectivity index (χ4v) is 3.02. The highest BCUT2D eigenvalue weighted by atomic mass is 16.1. The summed E-state index contributed by atoms with van der Waals surface area (Å²) < 4.78 is 0. The molecule has 0 amide bonds. The molecular weight excluding hydrogens is 366 g/mol. The monoisotopic (exact) mass is 381 g/mol. The fourth-order valence-electron chi connectivity index (χ4n) is 3.02. The van der Waals surface area contributed by atoms with E-state index in [1.54, 1.807) is 30.3 Å². The van der Waals surface area contributed by atoms with Crippen LogP contribution in [-0.4, -0.2) is 18.2 Å². The second-order valence-electron chi connectivity index (χ2n) is 6.30. The second-order valence-corrected chi connectivity index (χ2v) is 6.30. The molecular formula is C23H15N3O3. The van der Waals surface area contributed by atoms with Gasteiger partial charge in [0, 0.05) is 0 Å². The van der Waals surface area contributed by atoms with Crippen LogP contribution in [0.4, 0.5) is 17.1 Å². The standard InChI is InChI=1S/C23H15N3O3/c27-14-24-21-5-1-17(2-6-21)9-19-11-20(13-23(12-19)26-16-29)10-18-3-7-22(8-4-18)25-15-28/h1-8,11-13H,9-10H2. The molecule has 0 heterocycles. The van der Waals surface area contributed by atoms with Gasteiger partial charge in [0.25, 0.3) is 0 Å². The minimum Gasteiger partial charge on any atom is -0.211 e. The summed E-state index contributed by atoms with van der Waals surface area (Å²) in [5.41, 5.74) is 5.68. The molecule has 0 saturated heterocycles. The zero-order chi connectivity index (χ0) is 20.5. The van der Waals surface area contributed by atoms with Crippen molar-refractivity contribution in [2.24, 2.45) is 15.0 Å². The lowest BCUT2D eigenvalue weighted by Gasteiger charge is -2.08. The van der Waals surface area contributed by atoms with E-state index in [9.17, 15) is 14.4 Å². The number of aliphatic imine (C=N–C) groups is 3. The Balaban J connectivity index is 1.85. The van der Waals surface area contributed by atoms with Crippen molar-refractivity contribution in [3.63, 3.8) is 0 Å². The van der Waals surface area contributed by atoms with Gasteiger partial charge in [-0.2, -0.15) is 15.0 Å². The number of hydrogen-bond donors (Lipinski definition) is 0. The van der Waals surface area contributed by atoms with Gasteiger partial charge in [0.2, 0.25) is 18.2 Å². The smallest absolute Gasteiger partial charge is 0.211 e. The van der Waals surface area contributed by atoms with E-state index in [0.717, 1.165) is 22.3 Å². The molecule has 0 aromatic heterocycles. The van der Waals surface area contributed by atoms with Crippen molar-refractivity contribution in [2.45, 2.75) is 12.8 Å². The molecule has 6 heteroatoms. The maximum atomic E-state index is 10.7. The molecule has 3 rings (SSSR count). The molecule has 0 saturated carbocycles. The molecule has 0 aliphatic carbocycles. The average molecular weight is 381 g/mol. The fraction of sp³-hybridized carbons (Fsp3) is 0.0870. The Labute approximate surface area is 167 Å². The predicted octanol–water partition coefficient (Wildman–Crippen LogP) is 4.77. The van der Waals surface area contributed by atoms with E-state index in [-0.39, 0.29) is 0 Å². The highest BCUT2D eigenvalue weighted by molar-refractivity contribution is 5.54. The third-order valence-electron chi connectivity index (χ3n) is 4.25. The minimum absolute atomic E-state index is 0.539. The third kappa shape index (κ3) is 5.64. The van der Waals surface area contributed by atoms with Crippen molar-refractivity contribution in [1.82, 2.24) is 0 Å².